The van der Waals surface area contributed by atoms with E-state index in [1.54, 1.807) is 11.3 Å². The molecule has 1 aromatic rings. The van der Waals surface area contributed by atoms with Crippen molar-refractivity contribution in [1.82, 2.24) is 10.3 Å². The molecule has 0 saturated heterocycles. The Bertz CT molecular complexity index is 250. The Morgan fingerprint density at radius 3 is 3.00 bits per heavy atom. The molecule has 4 heteroatoms. The number of hydrogen-bond donors (Lipinski definition) is 1. The molecular formula is C10H18N2OS. The van der Waals surface area contributed by atoms with Gasteiger partial charge in [-0.05, 0) is 13.8 Å². The van der Waals surface area contributed by atoms with Gasteiger partial charge in [-0.15, -0.1) is 11.3 Å². The van der Waals surface area contributed by atoms with Crippen molar-refractivity contribution in [3.63, 3.8) is 0 Å². The number of aryl methyl sites for hydroxylation is 1. The topological polar surface area (TPSA) is 34.1 Å². The van der Waals surface area contributed by atoms with Crippen molar-refractivity contribution >= 4 is 11.3 Å². The van der Waals surface area contributed by atoms with Gasteiger partial charge in [0.15, 0.2) is 0 Å². The molecule has 0 saturated carbocycles. The summed E-state index contributed by atoms with van der Waals surface area (Å²) in [4.78, 5) is 4.39. The van der Waals surface area contributed by atoms with Crippen molar-refractivity contribution in [2.24, 2.45) is 0 Å². The van der Waals surface area contributed by atoms with Gasteiger partial charge in [-0.25, -0.2) is 4.98 Å². The average molecular weight is 214 g/mol. The molecule has 0 atom stereocenters. The SMILES string of the molecule is CCOCCNCCc1csc(C)n1. The maximum absolute atomic E-state index is 5.21. The Morgan fingerprint density at radius 1 is 1.50 bits per heavy atom. The molecule has 1 N–H and O–H groups in total. The van der Waals surface area contributed by atoms with Crippen LogP contribution in [0.4, 0.5) is 0 Å². The summed E-state index contributed by atoms with van der Waals surface area (Å²) in [5, 5.41) is 6.59. The maximum atomic E-state index is 5.21. The fraction of sp³-hybridized carbons (Fsp3) is 0.700. The standard InChI is InChI=1S/C10H18N2OS/c1-3-13-7-6-11-5-4-10-8-14-9(2)12-10/h8,11H,3-7H2,1-2H3. The van der Waals surface area contributed by atoms with Crippen LogP contribution in [0.15, 0.2) is 5.38 Å². The molecule has 1 aromatic heterocycles. The molecule has 0 aliphatic carbocycles. The number of thiazole rings is 1. The van der Waals surface area contributed by atoms with Gasteiger partial charge in [0.05, 0.1) is 17.3 Å². The first-order valence-electron chi connectivity index (χ1n) is 5.02. The van der Waals surface area contributed by atoms with Crippen molar-refractivity contribution in [2.45, 2.75) is 20.3 Å². The van der Waals surface area contributed by atoms with E-state index in [-0.39, 0.29) is 0 Å². The lowest BCUT2D eigenvalue weighted by Crippen LogP contribution is -2.22. The Morgan fingerprint density at radius 2 is 2.36 bits per heavy atom. The van der Waals surface area contributed by atoms with Crippen LogP contribution in [0.25, 0.3) is 0 Å². The van der Waals surface area contributed by atoms with Gasteiger partial charge < -0.3 is 10.1 Å². The smallest absolute Gasteiger partial charge is 0.0897 e. The summed E-state index contributed by atoms with van der Waals surface area (Å²) in [6.07, 6.45) is 1.01. The van der Waals surface area contributed by atoms with Gasteiger partial charge in [-0.2, -0.15) is 0 Å². The van der Waals surface area contributed by atoms with E-state index in [1.807, 2.05) is 13.8 Å². The summed E-state index contributed by atoms with van der Waals surface area (Å²) in [7, 11) is 0. The molecule has 0 bridgehead atoms. The fourth-order valence-electron chi connectivity index (χ4n) is 1.15. The van der Waals surface area contributed by atoms with Crippen LogP contribution in [0.5, 0.6) is 0 Å². The molecule has 14 heavy (non-hydrogen) atoms. The molecule has 0 aromatic carbocycles. The van der Waals surface area contributed by atoms with Crippen molar-refractivity contribution in [1.29, 1.82) is 0 Å². The number of ether oxygens (including phenoxy) is 1. The van der Waals surface area contributed by atoms with Crippen LogP contribution >= 0.6 is 11.3 Å². The van der Waals surface area contributed by atoms with Gasteiger partial charge in [0.1, 0.15) is 0 Å². The second-order valence-corrected chi connectivity index (χ2v) is 4.12. The summed E-state index contributed by atoms with van der Waals surface area (Å²) < 4.78 is 5.21. The highest BCUT2D eigenvalue weighted by molar-refractivity contribution is 7.09. The highest BCUT2D eigenvalue weighted by atomic mass is 32.1. The third-order valence-electron chi connectivity index (χ3n) is 1.85. The van der Waals surface area contributed by atoms with E-state index in [0.29, 0.717) is 0 Å². The van der Waals surface area contributed by atoms with E-state index >= 15 is 0 Å². The largest absolute Gasteiger partial charge is 0.380 e. The Balaban J connectivity index is 1.99. The van der Waals surface area contributed by atoms with E-state index < -0.39 is 0 Å². The lowest BCUT2D eigenvalue weighted by molar-refractivity contribution is 0.149. The molecule has 0 spiro atoms. The lowest BCUT2D eigenvalue weighted by atomic mass is 10.3. The summed E-state index contributed by atoms with van der Waals surface area (Å²) in [5.41, 5.74) is 1.19. The molecule has 1 rings (SSSR count). The lowest BCUT2D eigenvalue weighted by Gasteiger charge is -2.02. The van der Waals surface area contributed by atoms with Crippen molar-refractivity contribution in [2.75, 3.05) is 26.3 Å². The first-order chi connectivity index (χ1) is 6.83. The summed E-state index contributed by atoms with van der Waals surface area (Å²) in [6, 6.07) is 0. The first kappa shape index (κ1) is 11.6. The second kappa shape index (κ2) is 6.92. The average Bonchev–Trinajstić information content (AvgIpc) is 2.58. The van der Waals surface area contributed by atoms with E-state index in [1.165, 1.54) is 5.69 Å². The molecule has 0 unspecified atom stereocenters. The van der Waals surface area contributed by atoms with E-state index in [2.05, 4.69) is 15.7 Å². The zero-order valence-electron chi connectivity index (χ0n) is 8.88. The number of rotatable bonds is 7. The highest BCUT2D eigenvalue weighted by Crippen LogP contribution is 2.07. The van der Waals surface area contributed by atoms with E-state index in [9.17, 15) is 0 Å². The number of nitrogens with one attached hydrogen (secondary N) is 1. The fourth-order valence-corrected chi connectivity index (χ4v) is 1.80. The molecule has 0 radical (unpaired) electrons. The zero-order chi connectivity index (χ0) is 10.2. The predicted molar refractivity (Wildman–Crippen MR) is 59.9 cm³/mol. The Labute approximate surface area is 89.5 Å². The van der Waals surface area contributed by atoms with Gasteiger partial charge >= 0.3 is 0 Å². The minimum atomic E-state index is 0.798. The monoisotopic (exact) mass is 214 g/mol. The summed E-state index contributed by atoms with van der Waals surface area (Å²) in [5.74, 6) is 0. The van der Waals surface area contributed by atoms with Crippen LogP contribution in [-0.4, -0.2) is 31.3 Å². The van der Waals surface area contributed by atoms with Crippen molar-refractivity contribution in [3.05, 3.63) is 16.1 Å². The van der Waals surface area contributed by atoms with Crippen LogP contribution in [-0.2, 0) is 11.2 Å². The minimum Gasteiger partial charge on any atom is -0.380 e. The molecule has 0 fully saturated rings. The Kier molecular flexibility index (Phi) is 5.75. The molecule has 1 heterocycles. The maximum Gasteiger partial charge on any atom is 0.0897 e. The van der Waals surface area contributed by atoms with E-state index in [4.69, 9.17) is 4.74 Å². The van der Waals surface area contributed by atoms with Crippen molar-refractivity contribution < 1.29 is 4.74 Å². The predicted octanol–water partition coefficient (Wildman–Crippen LogP) is 1.62. The quantitative estimate of drug-likeness (QED) is 0.700. The zero-order valence-corrected chi connectivity index (χ0v) is 9.69. The summed E-state index contributed by atoms with van der Waals surface area (Å²) in [6.45, 7) is 7.56. The normalized spacial score (nSPS) is 10.7. The minimum absolute atomic E-state index is 0.798. The van der Waals surface area contributed by atoms with Crippen LogP contribution < -0.4 is 5.32 Å². The van der Waals surface area contributed by atoms with Crippen LogP contribution in [0.2, 0.25) is 0 Å². The number of aromatic nitrogens is 1. The second-order valence-electron chi connectivity index (χ2n) is 3.05. The number of hydrogen-bond acceptors (Lipinski definition) is 4. The van der Waals surface area contributed by atoms with Crippen LogP contribution in [0.3, 0.4) is 0 Å². The molecule has 80 valence electrons. The molecule has 0 amide bonds. The molecule has 0 aliphatic heterocycles. The van der Waals surface area contributed by atoms with Gasteiger partial charge in [0.2, 0.25) is 0 Å². The molecule has 3 nitrogen and oxygen atoms in total. The molecule has 0 aliphatic rings. The van der Waals surface area contributed by atoms with Crippen molar-refractivity contribution in [3.8, 4) is 0 Å². The van der Waals surface area contributed by atoms with Gasteiger partial charge in [-0.1, -0.05) is 0 Å². The third kappa shape index (κ3) is 4.69. The van der Waals surface area contributed by atoms with Crippen LogP contribution in [0.1, 0.15) is 17.6 Å². The number of nitrogens with zero attached hydrogens (tertiary/aromatic N) is 1. The van der Waals surface area contributed by atoms with E-state index in [0.717, 1.165) is 37.7 Å². The summed E-state index contributed by atoms with van der Waals surface area (Å²) >= 11 is 1.71. The molecular weight excluding hydrogens is 196 g/mol. The van der Waals surface area contributed by atoms with Gasteiger partial charge in [-0.3, -0.25) is 0 Å². The van der Waals surface area contributed by atoms with Crippen LogP contribution in [0, 0.1) is 6.92 Å². The van der Waals surface area contributed by atoms with Gasteiger partial charge in [0, 0.05) is 31.5 Å². The third-order valence-corrected chi connectivity index (χ3v) is 2.67. The highest BCUT2D eigenvalue weighted by Gasteiger charge is 1.96. The Hall–Kier alpha value is -0.450. The van der Waals surface area contributed by atoms with Gasteiger partial charge in [0.25, 0.3) is 0 Å². The first-order valence-corrected chi connectivity index (χ1v) is 5.90.